The number of ether oxygens (including phenoxy) is 2. The molecule has 29 heavy (non-hydrogen) atoms. The Labute approximate surface area is 179 Å². The zero-order valence-electron chi connectivity index (χ0n) is 16.2. The van der Waals surface area contributed by atoms with Gasteiger partial charge in [-0.15, -0.1) is 0 Å². The minimum atomic E-state index is -0.168. The van der Waals surface area contributed by atoms with Gasteiger partial charge in [0.25, 0.3) is 5.91 Å². The molecule has 1 aliphatic heterocycles. The first kappa shape index (κ1) is 21.3. The number of methoxy groups -OCH3 is 2. The van der Waals surface area contributed by atoms with Crippen LogP contribution in [0, 0.1) is 5.92 Å². The van der Waals surface area contributed by atoms with Gasteiger partial charge >= 0.3 is 0 Å². The zero-order chi connectivity index (χ0) is 21.0. The minimum absolute atomic E-state index is 0.0818. The molecule has 2 amide bonds. The highest BCUT2D eigenvalue weighted by Crippen LogP contribution is 2.29. The molecule has 1 heterocycles. The number of nitrogens with one attached hydrogen (secondary N) is 1. The summed E-state index contributed by atoms with van der Waals surface area (Å²) in [5.74, 6) is 0.741. The van der Waals surface area contributed by atoms with Gasteiger partial charge < -0.3 is 19.7 Å². The molecule has 8 heteroatoms. The standard InChI is InChI=1S/C21H22Cl2N2O4/c1-28-18-6-3-14(11-19(18)29-2)21(27)25-9-7-13(8-10-25)20(26)24-15-4-5-16(22)17(23)12-15/h3-6,11-13H,7-10H2,1-2H3,(H,24,26). The number of likely N-dealkylation sites (tertiary alicyclic amines) is 1. The van der Waals surface area contributed by atoms with Crippen molar-refractivity contribution in [2.75, 3.05) is 32.6 Å². The number of anilines is 1. The van der Waals surface area contributed by atoms with E-state index in [1.165, 1.54) is 7.11 Å². The van der Waals surface area contributed by atoms with E-state index in [4.69, 9.17) is 32.7 Å². The third-order valence-corrected chi connectivity index (χ3v) is 5.71. The van der Waals surface area contributed by atoms with E-state index in [2.05, 4.69) is 5.32 Å². The van der Waals surface area contributed by atoms with Crippen molar-refractivity contribution in [3.05, 3.63) is 52.0 Å². The summed E-state index contributed by atoms with van der Waals surface area (Å²) < 4.78 is 10.5. The lowest BCUT2D eigenvalue weighted by atomic mass is 9.95. The molecule has 0 saturated carbocycles. The highest BCUT2D eigenvalue weighted by Gasteiger charge is 2.28. The van der Waals surface area contributed by atoms with Crippen LogP contribution in [-0.4, -0.2) is 44.0 Å². The number of carbonyl (C=O) groups excluding carboxylic acids is 2. The van der Waals surface area contributed by atoms with E-state index >= 15 is 0 Å². The van der Waals surface area contributed by atoms with Gasteiger partial charge in [-0.2, -0.15) is 0 Å². The summed E-state index contributed by atoms with van der Waals surface area (Å²) in [4.78, 5) is 27.1. The average molecular weight is 437 g/mol. The molecule has 2 aromatic rings. The average Bonchev–Trinajstić information content (AvgIpc) is 2.75. The van der Waals surface area contributed by atoms with Crippen LogP contribution in [0.4, 0.5) is 5.69 Å². The van der Waals surface area contributed by atoms with Crippen molar-refractivity contribution in [2.45, 2.75) is 12.8 Å². The second-order valence-electron chi connectivity index (χ2n) is 6.75. The van der Waals surface area contributed by atoms with Crippen LogP contribution < -0.4 is 14.8 Å². The Hall–Kier alpha value is -2.44. The Morgan fingerprint density at radius 2 is 1.66 bits per heavy atom. The summed E-state index contributed by atoms with van der Waals surface area (Å²) in [7, 11) is 3.08. The van der Waals surface area contributed by atoms with E-state index in [-0.39, 0.29) is 17.7 Å². The summed E-state index contributed by atoms with van der Waals surface area (Å²) in [6.45, 7) is 1.01. The molecule has 0 aromatic heterocycles. The van der Waals surface area contributed by atoms with Crippen LogP contribution in [0.2, 0.25) is 10.0 Å². The predicted molar refractivity (Wildman–Crippen MR) is 113 cm³/mol. The van der Waals surface area contributed by atoms with Crippen LogP contribution in [0.1, 0.15) is 23.2 Å². The second kappa shape index (κ2) is 9.37. The van der Waals surface area contributed by atoms with Gasteiger partial charge in [0, 0.05) is 30.3 Å². The maximum absolute atomic E-state index is 12.8. The summed E-state index contributed by atoms with van der Waals surface area (Å²) in [6, 6.07) is 10.1. The Kier molecular flexibility index (Phi) is 6.87. The Balaban J connectivity index is 1.59. The van der Waals surface area contributed by atoms with Crippen molar-refractivity contribution in [2.24, 2.45) is 5.92 Å². The molecule has 0 atom stereocenters. The largest absolute Gasteiger partial charge is 0.493 e. The van der Waals surface area contributed by atoms with Crippen molar-refractivity contribution in [3.8, 4) is 11.5 Å². The lowest BCUT2D eigenvalue weighted by molar-refractivity contribution is -0.121. The fourth-order valence-electron chi connectivity index (χ4n) is 3.31. The SMILES string of the molecule is COc1ccc(C(=O)N2CCC(C(=O)Nc3ccc(Cl)c(Cl)c3)CC2)cc1OC. The van der Waals surface area contributed by atoms with Gasteiger partial charge in [0.15, 0.2) is 11.5 Å². The molecule has 6 nitrogen and oxygen atoms in total. The molecule has 2 aromatic carbocycles. The van der Waals surface area contributed by atoms with Gasteiger partial charge in [0.05, 0.1) is 24.3 Å². The first-order valence-electron chi connectivity index (χ1n) is 9.20. The fraction of sp³-hybridized carbons (Fsp3) is 0.333. The smallest absolute Gasteiger partial charge is 0.253 e. The third-order valence-electron chi connectivity index (χ3n) is 4.97. The van der Waals surface area contributed by atoms with Gasteiger partial charge in [-0.25, -0.2) is 0 Å². The van der Waals surface area contributed by atoms with E-state index in [9.17, 15) is 9.59 Å². The summed E-state index contributed by atoms with van der Waals surface area (Å²) >= 11 is 11.9. The predicted octanol–water partition coefficient (Wildman–Crippen LogP) is 4.50. The van der Waals surface area contributed by atoms with Crippen molar-refractivity contribution >= 4 is 40.7 Å². The highest BCUT2D eigenvalue weighted by atomic mass is 35.5. The molecule has 0 unspecified atom stereocenters. The molecule has 1 N–H and O–H groups in total. The summed E-state index contributed by atoms with van der Waals surface area (Å²) in [5, 5.41) is 3.69. The Morgan fingerprint density at radius 1 is 0.966 bits per heavy atom. The van der Waals surface area contributed by atoms with Crippen LogP contribution >= 0.6 is 23.2 Å². The number of amides is 2. The van der Waals surface area contributed by atoms with E-state index < -0.39 is 0 Å². The van der Waals surface area contributed by atoms with Gasteiger partial charge in [0.2, 0.25) is 5.91 Å². The van der Waals surface area contributed by atoms with Crippen LogP contribution in [-0.2, 0) is 4.79 Å². The number of rotatable bonds is 5. The van der Waals surface area contributed by atoms with Gasteiger partial charge in [-0.1, -0.05) is 23.2 Å². The van der Waals surface area contributed by atoms with Gasteiger partial charge in [-0.3, -0.25) is 9.59 Å². The van der Waals surface area contributed by atoms with Gasteiger partial charge in [0.1, 0.15) is 0 Å². The van der Waals surface area contributed by atoms with Crippen LogP contribution in [0.3, 0.4) is 0 Å². The number of benzene rings is 2. The Bertz CT molecular complexity index is 912. The lowest BCUT2D eigenvalue weighted by Gasteiger charge is -2.31. The summed E-state index contributed by atoms with van der Waals surface area (Å²) in [5.41, 5.74) is 1.13. The monoisotopic (exact) mass is 436 g/mol. The summed E-state index contributed by atoms with van der Waals surface area (Å²) in [6.07, 6.45) is 1.18. The van der Waals surface area contributed by atoms with Gasteiger partial charge in [-0.05, 0) is 49.2 Å². The zero-order valence-corrected chi connectivity index (χ0v) is 17.7. The van der Waals surface area contributed by atoms with Crippen molar-refractivity contribution < 1.29 is 19.1 Å². The molecule has 0 aliphatic carbocycles. The van der Waals surface area contributed by atoms with E-state index in [1.54, 1.807) is 48.4 Å². The molecule has 0 spiro atoms. The lowest BCUT2D eigenvalue weighted by Crippen LogP contribution is -2.41. The molecule has 1 fully saturated rings. The van der Waals surface area contributed by atoms with Crippen LogP contribution in [0.5, 0.6) is 11.5 Å². The maximum atomic E-state index is 12.8. The number of hydrogen-bond donors (Lipinski definition) is 1. The number of piperidine rings is 1. The van der Waals surface area contributed by atoms with Crippen molar-refractivity contribution in [1.82, 2.24) is 4.90 Å². The molecule has 0 radical (unpaired) electrons. The fourth-order valence-corrected chi connectivity index (χ4v) is 3.61. The second-order valence-corrected chi connectivity index (χ2v) is 7.57. The Morgan fingerprint density at radius 3 is 2.28 bits per heavy atom. The minimum Gasteiger partial charge on any atom is -0.493 e. The number of halogens is 2. The van der Waals surface area contributed by atoms with E-state index in [1.807, 2.05) is 0 Å². The first-order valence-corrected chi connectivity index (χ1v) is 9.95. The van der Waals surface area contributed by atoms with Crippen LogP contribution in [0.15, 0.2) is 36.4 Å². The van der Waals surface area contributed by atoms with E-state index in [0.29, 0.717) is 58.7 Å². The normalized spacial score (nSPS) is 14.4. The van der Waals surface area contributed by atoms with Crippen LogP contribution in [0.25, 0.3) is 0 Å². The molecular formula is C21H22Cl2N2O4. The number of carbonyl (C=O) groups is 2. The molecule has 1 aliphatic rings. The van der Waals surface area contributed by atoms with Crippen molar-refractivity contribution in [3.63, 3.8) is 0 Å². The van der Waals surface area contributed by atoms with E-state index in [0.717, 1.165) is 0 Å². The molecule has 154 valence electrons. The molecule has 0 bridgehead atoms. The number of hydrogen-bond acceptors (Lipinski definition) is 4. The third kappa shape index (κ3) is 4.95. The molecule has 1 saturated heterocycles. The topological polar surface area (TPSA) is 67.9 Å². The molecular weight excluding hydrogens is 415 g/mol. The molecule has 3 rings (SSSR count). The maximum Gasteiger partial charge on any atom is 0.253 e. The quantitative estimate of drug-likeness (QED) is 0.748. The van der Waals surface area contributed by atoms with Crippen molar-refractivity contribution in [1.29, 1.82) is 0 Å². The first-order chi connectivity index (χ1) is 13.9. The highest BCUT2D eigenvalue weighted by molar-refractivity contribution is 6.42. The number of nitrogens with zero attached hydrogens (tertiary/aromatic N) is 1.